The number of methoxy groups -OCH3 is 1. The van der Waals surface area contributed by atoms with E-state index in [1.165, 1.54) is 50.1 Å². The Hall–Kier alpha value is -1.02. The summed E-state index contributed by atoms with van der Waals surface area (Å²) < 4.78 is 5.24. The van der Waals surface area contributed by atoms with Crippen LogP contribution in [0.3, 0.4) is 0 Å². The Balaban J connectivity index is 2.01. The van der Waals surface area contributed by atoms with Crippen molar-refractivity contribution in [2.24, 2.45) is 11.8 Å². The van der Waals surface area contributed by atoms with Gasteiger partial charge in [0.25, 0.3) is 0 Å². The second-order valence-corrected chi connectivity index (χ2v) is 13.9. The van der Waals surface area contributed by atoms with Gasteiger partial charge in [-0.1, -0.05) is 82.1 Å². The molecule has 0 radical (unpaired) electrons. The van der Waals surface area contributed by atoms with Crippen LogP contribution in [0.4, 0.5) is 0 Å². The van der Waals surface area contributed by atoms with Crippen LogP contribution in [0.15, 0.2) is 30.3 Å². The third kappa shape index (κ3) is 6.95. The molecule has 0 aliphatic heterocycles. The van der Waals surface area contributed by atoms with E-state index >= 15 is 0 Å². The maximum atomic E-state index is 5.24. The molecule has 1 aromatic carbocycles. The lowest BCUT2D eigenvalue weighted by atomic mass is 9.83. The molecule has 0 aromatic heterocycles. The van der Waals surface area contributed by atoms with Gasteiger partial charge in [0.2, 0.25) is 0 Å². The Bertz CT molecular complexity index is 478. The summed E-state index contributed by atoms with van der Waals surface area (Å²) in [4.78, 5) is 0. The average molecular weight is 331 g/mol. The molecule has 0 spiro atoms. The second kappa shape index (κ2) is 8.72. The van der Waals surface area contributed by atoms with Crippen LogP contribution in [0.25, 0.3) is 6.08 Å². The average Bonchev–Trinajstić information content (AvgIpc) is 2.53. The quantitative estimate of drug-likeness (QED) is 0.510. The zero-order valence-electron chi connectivity index (χ0n) is 15.5. The van der Waals surface area contributed by atoms with Crippen molar-refractivity contribution < 1.29 is 4.74 Å². The lowest BCUT2D eigenvalue weighted by Gasteiger charge is -2.28. The number of benzene rings is 1. The van der Waals surface area contributed by atoms with E-state index in [4.69, 9.17) is 4.74 Å². The van der Waals surface area contributed by atoms with Gasteiger partial charge in [-0.2, -0.15) is 0 Å². The number of hydrogen-bond acceptors (Lipinski definition) is 1. The van der Waals surface area contributed by atoms with Crippen molar-refractivity contribution in [3.8, 4) is 5.75 Å². The Morgan fingerprint density at radius 2 is 1.74 bits per heavy atom. The lowest BCUT2D eigenvalue weighted by molar-refractivity contribution is 0.315. The van der Waals surface area contributed by atoms with Gasteiger partial charge in [-0.25, -0.2) is 0 Å². The van der Waals surface area contributed by atoms with Gasteiger partial charge in [0, 0.05) is 8.07 Å². The molecule has 1 unspecified atom stereocenters. The van der Waals surface area contributed by atoms with Crippen LogP contribution in [0.1, 0.15) is 44.1 Å². The van der Waals surface area contributed by atoms with Crippen molar-refractivity contribution in [3.05, 3.63) is 35.9 Å². The van der Waals surface area contributed by atoms with Crippen LogP contribution in [0, 0.1) is 11.8 Å². The smallest absolute Gasteiger partial charge is 0.118 e. The van der Waals surface area contributed by atoms with Crippen LogP contribution in [-0.2, 0) is 0 Å². The fraction of sp³-hybridized carbons (Fsp3) is 0.619. The molecule has 128 valence electrons. The lowest BCUT2D eigenvalue weighted by Crippen LogP contribution is -2.24. The molecule has 1 saturated carbocycles. The molecular formula is C21H34OSi. The molecule has 2 heteroatoms. The first-order valence-electron chi connectivity index (χ1n) is 9.28. The summed E-state index contributed by atoms with van der Waals surface area (Å²) in [7, 11) is 0.692. The van der Waals surface area contributed by atoms with Crippen molar-refractivity contribution in [1.29, 1.82) is 0 Å². The van der Waals surface area contributed by atoms with Gasteiger partial charge >= 0.3 is 0 Å². The fourth-order valence-electron chi connectivity index (χ4n) is 3.83. The van der Waals surface area contributed by atoms with Gasteiger partial charge in [-0.05, 0) is 36.0 Å². The van der Waals surface area contributed by atoms with E-state index in [2.05, 4.69) is 43.9 Å². The molecule has 0 heterocycles. The maximum Gasteiger partial charge on any atom is 0.118 e. The normalized spacial score (nSPS) is 18.3. The monoisotopic (exact) mass is 330 g/mol. The van der Waals surface area contributed by atoms with E-state index in [-0.39, 0.29) is 0 Å². The first kappa shape index (κ1) is 18.3. The summed E-state index contributed by atoms with van der Waals surface area (Å²) in [6, 6.07) is 9.82. The molecule has 1 fully saturated rings. The highest BCUT2D eigenvalue weighted by Crippen LogP contribution is 2.33. The number of ether oxygens (including phenoxy) is 1. The zero-order valence-corrected chi connectivity index (χ0v) is 16.5. The molecule has 1 aliphatic rings. The minimum Gasteiger partial charge on any atom is -0.497 e. The van der Waals surface area contributed by atoms with E-state index < -0.39 is 8.07 Å². The first-order valence-corrected chi connectivity index (χ1v) is 13.0. The van der Waals surface area contributed by atoms with Gasteiger partial charge < -0.3 is 4.74 Å². The maximum absolute atomic E-state index is 5.24. The highest BCUT2D eigenvalue weighted by Gasteiger charge is 2.23. The molecule has 1 atom stereocenters. The van der Waals surface area contributed by atoms with E-state index in [9.17, 15) is 0 Å². The molecule has 23 heavy (non-hydrogen) atoms. The molecule has 0 bridgehead atoms. The molecule has 1 aliphatic carbocycles. The van der Waals surface area contributed by atoms with Crippen LogP contribution < -0.4 is 4.74 Å². The Morgan fingerprint density at radius 1 is 1.09 bits per heavy atom. The molecule has 1 aromatic rings. The SMILES string of the molecule is COc1ccc(/C=C/C(CC2CCCCC2)C[Si](C)(C)C)cc1. The summed E-state index contributed by atoms with van der Waals surface area (Å²) in [6.45, 7) is 7.51. The van der Waals surface area contributed by atoms with E-state index in [1.807, 2.05) is 12.1 Å². The topological polar surface area (TPSA) is 9.23 Å². The van der Waals surface area contributed by atoms with Crippen molar-refractivity contribution in [2.45, 2.75) is 64.2 Å². The summed E-state index contributed by atoms with van der Waals surface area (Å²) in [5.41, 5.74) is 1.29. The number of allylic oxidation sites excluding steroid dienone is 1. The molecule has 0 saturated heterocycles. The van der Waals surface area contributed by atoms with Crippen LogP contribution in [-0.4, -0.2) is 15.2 Å². The highest BCUT2D eigenvalue weighted by atomic mass is 28.3. The zero-order chi connectivity index (χ0) is 16.7. The Labute approximate surface area is 144 Å². The van der Waals surface area contributed by atoms with Crippen molar-refractivity contribution in [2.75, 3.05) is 7.11 Å². The van der Waals surface area contributed by atoms with Crippen LogP contribution >= 0.6 is 0 Å². The standard InChI is InChI=1S/C21H34OSi/c1-22-21-14-12-18(13-15-21)10-11-20(17-23(2,3)4)16-19-8-6-5-7-9-19/h10-15,19-20H,5-9,16-17H2,1-4H3/b11-10+. The van der Waals surface area contributed by atoms with Gasteiger partial charge in [0.15, 0.2) is 0 Å². The van der Waals surface area contributed by atoms with E-state index in [0.717, 1.165) is 17.6 Å². The summed E-state index contributed by atoms with van der Waals surface area (Å²) in [6.07, 6.45) is 13.5. The molecule has 1 nitrogen and oxygen atoms in total. The fourth-order valence-corrected chi connectivity index (χ4v) is 5.71. The predicted octanol–water partition coefficient (Wildman–Crippen LogP) is 6.63. The highest BCUT2D eigenvalue weighted by molar-refractivity contribution is 6.76. The van der Waals surface area contributed by atoms with Crippen molar-refractivity contribution in [3.63, 3.8) is 0 Å². The van der Waals surface area contributed by atoms with Gasteiger partial charge in [0.05, 0.1) is 7.11 Å². The van der Waals surface area contributed by atoms with Crippen molar-refractivity contribution in [1.82, 2.24) is 0 Å². The summed E-state index contributed by atoms with van der Waals surface area (Å²) in [5.74, 6) is 2.65. The third-order valence-corrected chi connectivity index (χ3v) is 6.66. The van der Waals surface area contributed by atoms with Gasteiger partial charge in [0.1, 0.15) is 5.75 Å². The predicted molar refractivity (Wildman–Crippen MR) is 105 cm³/mol. The Morgan fingerprint density at radius 3 is 2.30 bits per heavy atom. The Kier molecular flexibility index (Phi) is 6.95. The molecule has 0 N–H and O–H groups in total. The molecular weight excluding hydrogens is 296 g/mol. The molecule has 0 amide bonds. The first-order chi connectivity index (χ1) is 11.0. The third-order valence-electron chi connectivity index (χ3n) is 4.91. The number of rotatable bonds is 7. The summed E-state index contributed by atoms with van der Waals surface area (Å²) >= 11 is 0. The van der Waals surface area contributed by atoms with Crippen LogP contribution in [0.2, 0.25) is 25.7 Å². The van der Waals surface area contributed by atoms with Crippen LogP contribution in [0.5, 0.6) is 5.75 Å². The second-order valence-electron chi connectivity index (χ2n) is 8.40. The van der Waals surface area contributed by atoms with E-state index in [0.29, 0.717) is 0 Å². The van der Waals surface area contributed by atoms with Gasteiger partial charge in [-0.15, -0.1) is 0 Å². The van der Waals surface area contributed by atoms with Gasteiger partial charge in [-0.3, -0.25) is 0 Å². The summed E-state index contributed by atoms with van der Waals surface area (Å²) in [5, 5.41) is 0. The number of hydrogen-bond donors (Lipinski definition) is 0. The largest absolute Gasteiger partial charge is 0.497 e. The van der Waals surface area contributed by atoms with E-state index in [1.54, 1.807) is 7.11 Å². The van der Waals surface area contributed by atoms with Crippen molar-refractivity contribution >= 4 is 14.1 Å². The minimum atomic E-state index is -1.03. The minimum absolute atomic E-state index is 0.756. The molecule has 2 rings (SSSR count).